The Hall–Kier alpha value is -1.47. The highest BCUT2D eigenvalue weighted by atomic mass is 79.9. The van der Waals surface area contributed by atoms with Crippen molar-refractivity contribution in [3.63, 3.8) is 0 Å². The van der Waals surface area contributed by atoms with E-state index in [2.05, 4.69) is 36.0 Å². The Labute approximate surface area is 131 Å². The molecule has 0 spiro atoms. The minimum absolute atomic E-state index is 0.195. The van der Waals surface area contributed by atoms with Crippen molar-refractivity contribution in [2.24, 2.45) is 0 Å². The zero-order valence-electron chi connectivity index (χ0n) is 12.0. The smallest absolute Gasteiger partial charge is 0.240 e. The summed E-state index contributed by atoms with van der Waals surface area (Å²) in [5, 5.41) is 3.97. The molecule has 0 atom stereocenters. The predicted molar refractivity (Wildman–Crippen MR) is 80.0 cm³/mol. The number of nitrogens with zero attached hydrogens (tertiary/aromatic N) is 4. The van der Waals surface area contributed by atoms with Crippen LogP contribution >= 0.6 is 15.9 Å². The number of aromatic nitrogens is 3. The fourth-order valence-electron chi connectivity index (χ4n) is 2.11. The molecule has 1 aliphatic heterocycles. The maximum absolute atomic E-state index is 5.83. The highest BCUT2D eigenvalue weighted by Gasteiger charge is 2.30. The number of pyridine rings is 1. The van der Waals surface area contributed by atoms with Crippen molar-refractivity contribution in [1.82, 2.24) is 20.0 Å². The molecule has 0 aromatic carbocycles. The molecule has 1 saturated heterocycles. The van der Waals surface area contributed by atoms with E-state index in [1.165, 1.54) is 0 Å². The van der Waals surface area contributed by atoms with E-state index in [0.717, 1.165) is 29.3 Å². The van der Waals surface area contributed by atoms with Crippen molar-refractivity contribution in [1.29, 1.82) is 0 Å². The third-order valence-corrected chi connectivity index (χ3v) is 3.75. The molecule has 0 unspecified atom stereocenters. The molecule has 2 aromatic rings. The third-order valence-electron chi connectivity index (χ3n) is 3.29. The first-order valence-corrected chi connectivity index (χ1v) is 7.72. The molecule has 0 bridgehead atoms. The Balaban J connectivity index is 1.46. The lowest BCUT2D eigenvalue weighted by atomic mass is 10.1. The molecule has 0 N–H and O–H groups in total. The molecule has 7 heteroatoms. The van der Waals surface area contributed by atoms with Gasteiger partial charge in [-0.05, 0) is 28.1 Å². The van der Waals surface area contributed by atoms with E-state index in [4.69, 9.17) is 9.26 Å². The largest absolute Gasteiger partial charge is 0.486 e. The van der Waals surface area contributed by atoms with Crippen LogP contribution in [-0.4, -0.2) is 39.2 Å². The van der Waals surface area contributed by atoms with Gasteiger partial charge in [0.15, 0.2) is 5.82 Å². The van der Waals surface area contributed by atoms with Gasteiger partial charge >= 0.3 is 0 Å². The van der Waals surface area contributed by atoms with E-state index >= 15 is 0 Å². The fraction of sp³-hybridized carbons (Fsp3) is 0.500. The van der Waals surface area contributed by atoms with Crippen molar-refractivity contribution >= 4 is 15.9 Å². The molecule has 0 radical (unpaired) electrons. The van der Waals surface area contributed by atoms with Crippen LogP contribution in [0.25, 0.3) is 0 Å². The van der Waals surface area contributed by atoms with Crippen LogP contribution in [0.3, 0.4) is 0 Å². The summed E-state index contributed by atoms with van der Waals surface area (Å²) < 4.78 is 11.9. The Morgan fingerprint density at radius 2 is 2.24 bits per heavy atom. The first kappa shape index (κ1) is 14.5. The van der Waals surface area contributed by atoms with Crippen LogP contribution in [-0.2, 0) is 6.54 Å². The van der Waals surface area contributed by atoms with Crippen molar-refractivity contribution in [2.45, 2.75) is 32.4 Å². The molecule has 1 fully saturated rings. The van der Waals surface area contributed by atoms with Gasteiger partial charge in [0.05, 0.1) is 12.7 Å². The molecule has 21 heavy (non-hydrogen) atoms. The van der Waals surface area contributed by atoms with Gasteiger partial charge in [-0.15, -0.1) is 0 Å². The van der Waals surface area contributed by atoms with Crippen molar-refractivity contribution in [2.75, 3.05) is 13.1 Å². The van der Waals surface area contributed by atoms with Crippen LogP contribution in [0.15, 0.2) is 27.5 Å². The van der Waals surface area contributed by atoms with Gasteiger partial charge in [-0.2, -0.15) is 4.98 Å². The minimum atomic E-state index is 0.195. The van der Waals surface area contributed by atoms with Crippen molar-refractivity contribution < 1.29 is 9.26 Å². The van der Waals surface area contributed by atoms with E-state index in [9.17, 15) is 0 Å². The number of halogens is 1. The second kappa shape index (κ2) is 6.11. The lowest BCUT2D eigenvalue weighted by Gasteiger charge is -2.37. The van der Waals surface area contributed by atoms with E-state index in [1.807, 2.05) is 26.0 Å². The summed E-state index contributed by atoms with van der Waals surface area (Å²) in [5.74, 6) is 2.52. The summed E-state index contributed by atoms with van der Waals surface area (Å²) in [6.07, 6.45) is 1.92. The maximum Gasteiger partial charge on any atom is 0.240 e. The summed E-state index contributed by atoms with van der Waals surface area (Å²) in [5.41, 5.74) is 0. The Morgan fingerprint density at radius 3 is 2.86 bits per heavy atom. The normalized spacial score (nSPS) is 16.2. The SMILES string of the molecule is CC(C)c1noc(CN2CC(Oc3ccc(Br)nc3)C2)n1. The molecule has 3 heterocycles. The molecular formula is C14H17BrN4O2. The standard InChI is InChI=1S/C14H17BrN4O2/c1-9(2)14-17-13(21-18-14)8-19-6-11(7-19)20-10-3-4-12(15)16-5-10/h3-5,9,11H,6-8H2,1-2H3. The minimum Gasteiger partial charge on any atom is -0.486 e. The predicted octanol–water partition coefficient (Wildman–Crippen LogP) is 2.61. The summed E-state index contributed by atoms with van der Waals surface area (Å²) >= 11 is 3.30. The first-order valence-electron chi connectivity index (χ1n) is 6.93. The molecule has 1 aliphatic rings. The number of ether oxygens (including phenoxy) is 1. The molecular weight excluding hydrogens is 336 g/mol. The van der Waals surface area contributed by atoms with Gasteiger partial charge in [0, 0.05) is 19.0 Å². The van der Waals surface area contributed by atoms with Gasteiger partial charge in [-0.25, -0.2) is 4.98 Å². The van der Waals surface area contributed by atoms with Crippen LogP contribution in [0.5, 0.6) is 5.75 Å². The highest BCUT2D eigenvalue weighted by Crippen LogP contribution is 2.20. The average molecular weight is 353 g/mol. The lowest BCUT2D eigenvalue weighted by molar-refractivity contribution is 0.00842. The molecule has 0 amide bonds. The van der Waals surface area contributed by atoms with E-state index in [0.29, 0.717) is 18.4 Å². The monoisotopic (exact) mass is 352 g/mol. The van der Waals surface area contributed by atoms with Crippen molar-refractivity contribution in [3.05, 3.63) is 34.6 Å². The molecule has 2 aromatic heterocycles. The highest BCUT2D eigenvalue weighted by molar-refractivity contribution is 9.10. The number of likely N-dealkylation sites (tertiary alicyclic amines) is 1. The van der Waals surface area contributed by atoms with Crippen LogP contribution in [0.2, 0.25) is 0 Å². The quantitative estimate of drug-likeness (QED) is 0.770. The summed E-state index contributed by atoms with van der Waals surface area (Å²) in [6.45, 7) is 6.49. The van der Waals surface area contributed by atoms with Crippen LogP contribution in [0, 0.1) is 0 Å². The average Bonchev–Trinajstić information content (AvgIpc) is 2.87. The van der Waals surface area contributed by atoms with Crippen LogP contribution < -0.4 is 4.74 Å². The van der Waals surface area contributed by atoms with Gasteiger partial charge in [0.25, 0.3) is 0 Å². The second-order valence-electron chi connectivity index (χ2n) is 5.45. The van der Waals surface area contributed by atoms with Gasteiger partial charge in [-0.1, -0.05) is 19.0 Å². The third kappa shape index (κ3) is 3.59. The zero-order valence-corrected chi connectivity index (χ0v) is 13.6. The van der Waals surface area contributed by atoms with Gasteiger partial charge in [0.2, 0.25) is 5.89 Å². The first-order chi connectivity index (χ1) is 10.1. The molecule has 0 aliphatic carbocycles. The Bertz CT molecular complexity index is 593. The molecule has 0 saturated carbocycles. The van der Waals surface area contributed by atoms with Crippen LogP contribution in [0.1, 0.15) is 31.5 Å². The van der Waals surface area contributed by atoms with Crippen LogP contribution in [0.4, 0.5) is 0 Å². The Kier molecular flexibility index (Phi) is 4.21. The molecule has 3 rings (SSSR count). The molecule has 6 nitrogen and oxygen atoms in total. The lowest BCUT2D eigenvalue weighted by Crippen LogP contribution is -2.53. The van der Waals surface area contributed by atoms with Crippen molar-refractivity contribution in [3.8, 4) is 5.75 Å². The van der Waals surface area contributed by atoms with E-state index < -0.39 is 0 Å². The summed E-state index contributed by atoms with van der Waals surface area (Å²) in [6, 6.07) is 3.78. The van der Waals surface area contributed by atoms with Gasteiger partial charge in [0.1, 0.15) is 16.5 Å². The zero-order chi connectivity index (χ0) is 14.8. The number of hydrogen-bond donors (Lipinski definition) is 0. The fourth-order valence-corrected chi connectivity index (χ4v) is 2.34. The van der Waals surface area contributed by atoms with Gasteiger partial charge < -0.3 is 9.26 Å². The van der Waals surface area contributed by atoms with E-state index in [-0.39, 0.29) is 6.10 Å². The van der Waals surface area contributed by atoms with E-state index in [1.54, 1.807) is 6.20 Å². The Morgan fingerprint density at radius 1 is 1.43 bits per heavy atom. The van der Waals surface area contributed by atoms with Gasteiger partial charge in [-0.3, -0.25) is 4.90 Å². The molecule has 112 valence electrons. The topological polar surface area (TPSA) is 64.3 Å². The number of rotatable bonds is 5. The summed E-state index contributed by atoms with van der Waals surface area (Å²) in [7, 11) is 0. The maximum atomic E-state index is 5.83. The second-order valence-corrected chi connectivity index (χ2v) is 6.26. The summed E-state index contributed by atoms with van der Waals surface area (Å²) in [4.78, 5) is 10.7. The number of hydrogen-bond acceptors (Lipinski definition) is 6.